The average Bonchev–Trinajstić information content (AvgIpc) is 3.22. The fraction of sp³-hybridized carbons (Fsp3) is 0.517. The summed E-state index contributed by atoms with van der Waals surface area (Å²) in [4.78, 5) is 30.3. The number of nitrogens with one attached hydrogen (secondary N) is 1. The van der Waals surface area contributed by atoms with Crippen molar-refractivity contribution in [3.8, 4) is 0 Å². The van der Waals surface area contributed by atoms with Crippen molar-refractivity contribution in [2.75, 3.05) is 31.6 Å². The number of hydrogen-bond acceptors (Lipinski definition) is 3. The molecular formula is C29H38FN3O2. The quantitative estimate of drug-likeness (QED) is 0.615. The summed E-state index contributed by atoms with van der Waals surface area (Å²) in [5.74, 6) is -0.116. The number of rotatable bonds is 7. The molecule has 35 heavy (non-hydrogen) atoms. The van der Waals surface area contributed by atoms with Crippen LogP contribution in [0.5, 0.6) is 0 Å². The zero-order valence-corrected chi connectivity index (χ0v) is 21.4. The molecule has 1 N–H and O–H groups in total. The highest BCUT2D eigenvalue weighted by atomic mass is 19.1. The van der Waals surface area contributed by atoms with Gasteiger partial charge in [-0.1, -0.05) is 25.1 Å². The van der Waals surface area contributed by atoms with Gasteiger partial charge < -0.3 is 15.1 Å². The highest BCUT2D eigenvalue weighted by Crippen LogP contribution is 2.34. The van der Waals surface area contributed by atoms with E-state index in [1.807, 2.05) is 49.9 Å². The number of anilines is 1. The fourth-order valence-electron chi connectivity index (χ4n) is 5.92. The molecule has 2 aromatic rings. The summed E-state index contributed by atoms with van der Waals surface area (Å²) in [7, 11) is 2.15. The maximum absolute atomic E-state index is 14.3. The van der Waals surface area contributed by atoms with E-state index in [2.05, 4.69) is 17.3 Å². The van der Waals surface area contributed by atoms with Gasteiger partial charge in [-0.25, -0.2) is 4.39 Å². The Hall–Kier alpha value is -2.73. The van der Waals surface area contributed by atoms with Crippen molar-refractivity contribution in [3.63, 3.8) is 0 Å². The predicted molar refractivity (Wildman–Crippen MR) is 138 cm³/mol. The molecule has 2 amide bonds. The van der Waals surface area contributed by atoms with Crippen LogP contribution in [0.25, 0.3) is 0 Å². The van der Waals surface area contributed by atoms with E-state index in [0.29, 0.717) is 36.7 Å². The third-order valence-electron chi connectivity index (χ3n) is 7.74. The summed E-state index contributed by atoms with van der Waals surface area (Å²) in [5.41, 5.74) is 4.03. The zero-order chi connectivity index (χ0) is 25.1. The normalized spacial score (nSPS) is 23.1. The highest BCUT2D eigenvalue weighted by molar-refractivity contribution is 5.99. The minimum atomic E-state index is -0.189. The molecule has 188 valence electrons. The maximum Gasteiger partial charge on any atom is 0.251 e. The second-order valence-electron chi connectivity index (χ2n) is 10.5. The van der Waals surface area contributed by atoms with Crippen LogP contribution >= 0.6 is 0 Å². The molecule has 2 aliphatic heterocycles. The van der Waals surface area contributed by atoms with Gasteiger partial charge in [0.25, 0.3) is 5.91 Å². The minimum Gasteiger partial charge on any atom is -0.352 e. The summed E-state index contributed by atoms with van der Waals surface area (Å²) in [6.45, 7) is 8.23. The van der Waals surface area contributed by atoms with E-state index in [9.17, 15) is 14.0 Å². The van der Waals surface area contributed by atoms with Crippen molar-refractivity contribution in [2.24, 2.45) is 11.8 Å². The molecule has 2 fully saturated rings. The largest absolute Gasteiger partial charge is 0.352 e. The first-order valence-electron chi connectivity index (χ1n) is 12.9. The molecule has 6 heteroatoms. The molecule has 0 aliphatic carbocycles. The lowest BCUT2D eigenvalue weighted by atomic mass is 9.84. The van der Waals surface area contributed by atoms with Crippen LogP contribution in [-0.2, 0) is 11.2 Å². The molecule has 0 radical (unpaired) electrons. The Morgan fingerprint density at radius 2 is 1.89 bits per heavy atom. The Bertz CT molecular complexity index is 1060. The zero-order valence-electron chi connectivity index (χ0n) is 21.4. The van der Waals surface area contributed by atoms with Crippen LogP contribution in [0.3, 0.4) is 0 Å². The van der Waals surface area contributed by atoms with E-state index >= 15 is 0 Å². The molecule has 2 aliphatic rings. The molecule has 2 heterocycles. The van der Waals surface area contributed by atoms with Gasteiger partial charge in [0.15, 0.2) is 0 Å². The average molecular weight is 480 g/mol. The van der Waals surface area contributed by atoms with Gasteiger partial charge in [-0.3, -0.25) is 9.59 Å². The lowest BCUT2D eigenvalue weighted by Gasteiger charge is -2.38. The Morgan fingerprint density at radius 1 is 1.17 bits per heavy atom. The fourth-order valence-corrected chi connectivity index (χ4v) is 5.92. The topological polar surface area (TPSA) is 52.7 Å². The Labute approximate surface area is 208 Å². The van der Waals surface area contributed by atoms with Crippen LogP contribution in [0.1, 0.15) is 59.7 Å². The first kappa shape index (κ1) is 25.4. The van der Waals surface area contributed by atoms with Gasteiger partial charge in [-0.2, -0.15) is 0 Å². The highest BCUT2D eigenvalue weighted by Gasteiger charge is 2.34. The molecule has 0 saturated carbocycles. The van der Waals surface area contributed by atoms with Gasteiger partial charge in [-0.05, 0) is 100 Å². The third-order valence-corrected chi connectivity index (χ3v) is 7.74. The number of carbonyl (C=O) groups is 2. The molecular weight excluding hydrogens is 441 g/mol. The van der Waals surface area contributed by atoms with Gasteiger partial charge in [0.05, 0.1) is 0 Å². The van der Waals surface area contributed by atoms with Gasteiger partial charge in [0.2, 0.25) is 5.91 Å². The van der Waals surface area contributed by atoms with Crippen molar-refractivity contribution >= 4 is 17.5 Å². The van der Waals surface area contributed by atoms with Crippen LogP contribution in [0.4, 0.5) is 10.1 Å². The number of hydrogen-bond donors (Lipinski definition) is 1. The number of nitrogens with zero attached hydrogens (tertiary/aromatic N) is 2. The standard InChI is InChI=1S/C29H38FN3O2/c1-19-15-24(28(34)31-12-11-25-9-7-13-32(25)4)16-20(2)27(19)33-18-22(14-21(3)29(33)35)17-23-8-5-6-10-26(23)30/h5-6,8,10,15-16,21-22,25H,7,9,11-14,17-18H2,1-4H3,(H,31,34)/t21-,22-,25?/m1/s1. The summed E-state index contributed by atoms with van der Waals surface area (Å²) in [6.07, 6.45) is 4.74. The van der Waals surface area contributed by atoms with Gasteiger partial charge >= 0.3 is 0 Å². The molecule has 4 rings (SSSR count). The maximum atomic E-state index is 14.3. The summed E-state index contributed by atoms with van der Waals surface area (Å²) in [5, 5.41) is 3.07. The van der Waals surface area contributed by atoms with Gasteiger partial charge in [0, 0.05) is 36.3 Å². The van der Waals surface area contributed by atoms with Crippen LogP contribution in [0, 0.1) is 31.5 Å². The number of benzene rings is 2. The molecule has 2 aromatic carbocycles. The Balaban J connectivity index is 1.46. The smallest absolute Gasteiger partial charge is 0.251 e. The number of piperidine rings is 1. The monoisotopic (exact) mass is 479 g/mol. The van der Waals surface area contributed by atoms with Gasteiger partial charge in [0.1, 0.15) is 5.82 Å². The Kier molecular flexibility index (Phi) is 7.90. The number of aryl methyl sites for hydroxylation is 2. The SMILES string of the molecule is Cc1cc(C(=O)NCCC2CCCN2C)cc(C)c1N1C[C@@H](Cc2ccccc2F)C[C@@H](C)C1=O. The molecule has 0 spiro atoms. The summed E-state index contributed by atoms with van der Waals surface area (Å²) in [6, 6.07) is 11.2. The van der Waals surface area contributed by atoms with E-state index in [-0.39, 0.29) is 29.5 Å². The van der Waals surface area contributed by atoms with E-state index in [0.717, 1.165) is 36.2 Å². The van der Waals surface area contributed by atoms with Crippen LogP contribution in [0.15, 0.2) is 36.4 Å². The number of carbonyl (C=O) groups excluding carboxylic acids is 2. The van der Waals surface area contributed by atoms with Gasteiger partial charge in [-0.15, -0.1) is 0 Å². The molecule has 5 nitrogen and oxygen atoms in total. The number of amides is 2. The molecule has 2 saturated heterocycles. The van der Waals surface area contributed by atoms with Crippen molar-refractivity contribution in [2.45, 2.75) is 58.9 Å². The van der Waals surface area contributed by atoms with E-state index in [4.69, 9.17) is 0 Å². The molecule has 3 atom stereocenters. The second kappa shape index (κ2) is 10.9. The Morgan fingerprint density at radius 3 is 2.54 bits per heavy atom. The van der Waals surface area contributed by atoms with Crippen molar-refractivity contribution in [3.05, 3.63) is 64.5 Å². The number of halogens is 1. The van der Waals surface area contributed by atoms with Crippen LogP contribution in [0.2, 0.25) is 0 Å². The summed E-state index contributed by atoms with van der Waals surface area (Å²) < 4.78 is 14.3. The lowest BCUT2D eigenvalue weighted by Crippen LogP contribution is -2.46. The first-order valence-corrected chi connectivity index (χ1v) is 12.9. The molecule has 0 aromatic heterocycles. The minimum absolute atomic E-state index is 0.0702. The van der Waals surface area contributed by atoms with Crippen LogP contribution in [-0.4, -0.2) is 49.4 Å². The lowest BCUT2D eigenvalue weighted by molar-refractivity contribution is -0.124. The molecule has 1 unspecified atom stereocenters. The van der Waals surface area contributed by atoms with E-state index in [1.165, 1.54) is 18.9 Å². The first-order chi connectivity index (χ1) is 16.7. The third kappa shape index (κ3) is 5.75. The van der Waals surface area contributed by atoms with Crippen LogP contribution < -0.4 is 10.2 Å². The van der Waals surface area contributed by atoms with Crippen molar-refractivity contribution < 1.29 is 14.0 Å². The number of likely N-dealkylation sites (tertiary alicyclic amines) is 1. The van der Waals surface area contributed by atoms with E-state index < -0.39 is 0 Å². The van der Waals surface area contributed by atoms with E-state index in [1.54, 1.807) is 6.07 Å². The molecule has 0 bridgehead atoms. The second-order valence-corrected chi connectivity index (χ2v) is 10.5. The predicted octanol–water partition coefficient (Wildman–Crippen LogP) is 4.89. The van der Waals surface area contributed by atoms with Crippen molar-refractivity contribution in [1.29, 1.82) is 0 Å². The van der Waals surface area contributed by atoms with Crippen molar-refractivity contribution in [1.82, 2.24) is 10.2 Å². The summed E-state index contributed by atoms with van der Waals surface area (Å²) >= 11 is 0.